The molecule has 2 rings (SSSR count). The third kappa shape index (κ3) is 3.78. The Bertz CT molecular complexity index is 362. The summed E-state index contributed by atoms with van der Waals surface area (Å²) in [6.45, 7) is 4.17. The van der Waals surface area contributed by atoms with Crippen LogP contribution in [0.4, 0.5) is 0 Å². The first kappa shape index (κ1) is 13.0. The Morgan fingerprint density at radius 3 is 3.22 bits per heavy atom. The average molecular weight is 253 g/mol. The Morgan fingerprint density at radius 1 is 1.67 bits per heavy atom. The van der Waals surface area contributed by atoms with E-state index in [1.165, 1.54) is 6.33 Å². The largest absolute Gasteiger partial charge is 0.346 e. The van der Waals surface area contributed by atoms with Gasteiger partial charge in [0, 0.05) is 19.5 Å². The van der Waals surface area contributed by atoms with Crippen molar-refractivity contribution < 1.29 is 9.63 Å². The summed E-state index contributed by atoms with van der Waals surface area (Å²) in [7, 11) is 0. The first-order chi connectivity index (χ1) is 8.75. The van der Waals surface area contributed by atoms with Crippen LogP contribution in [0.15, 0.2) is 6.33 Å². The normalized spacial score (nSPS) is 18.5. The van der Waals surface area contributed by atoms with E-state index in [-0.39, 0.29) is 11.9 Å². The molecule has 1 aliphatic rings. The highest BCUT2D eigenvalue weighted by Crippen LogP contribution is 2.07. The topological polar surface area (TPSA) is 83.1 Å². The Balaban J connectivity index is 1.68. The van der Waals surface area contributed by atoms with Gasteiger partial charge in [0.2, 0.25) is 5.91 Å². The molecule has 7 nitrogen and oxygen atoms in total. The summed E-state index contributed by atoms with van der Waals surface area (Å²) < 4.78 is 0. The Labute approximate surface area is 106 Å². The van der Waals surface area contributed by atoms with Gasteiger partial charge in [-0.25, -0.2) is 4.98 Å². The van der Waals surface area contributed by atoms with Gasteiger partial charge in [-0.15, -0.1) is 0 Å². The van der Waals surface area contributed by atoms with Gasteiger partial charge in [-0.3, -0.25) is 14.7 Å². The van der Waals surface area contributed by atoms with Crippen molar-refractivity contribution in [1.29, 1.82) is 0 Å². The lowest BCUT2D eigenvalue weighted by Crippen LogP contribution is -2.35. The summed E-state index contributed by atoms with van der Waals surface area (Å²) in [6, 6.07) is -0.151. The van der Waals surface area contributed by atoms with Crippen LogP contribution in [0.3, 0.4) is 0 Å². The molecule has 0 saturated carbocycles. The van der Waals surface area contributed by atoms with Gasteiger partial charge < -0.3 is 5.32 Å². The quantitative estimate of drug-likeness (QED) is 0.793. The molecule has 1 aromatic heterocycles. The van der Waals surface area contributed by atoms with Crippen molar-refractivity contribution in [2.45, 2.75) is 32.2 Å². The minimum atomic E-state index is -0.151. The van der Waals surface area contributed by atoms with E-state index >= 15 is 0 Å². The number of hydrogen-bond donors (Lipinski definition) is 2. The van der Waals surface area contributed by atoms with Crippen LogP contribution in [0.25, 0.3) is 0 Å². The van der Waals surface area contributed by atoms with E-state index in [4.69, 9.17) is 4.84 Å². The standard InChI is InChI=1S/C11H19N5O2/c1-9(11-12-8-13-15-11)14-10(17)4-6-16-5-2-3-7-18-16/h8-9H,2-7H2,1H3,(H,14,17)(H,12,13,15)/t9-/m1/s1. The van der Waals surface area contributed by atoms with Crippen molar-refractivity contribution in [3.8, 4) is 0 Å². The molecule has 0 radical (unpaired) electrons. The van der Waals surface area contributed by atoms with E-state index in [1.54, 1.807) is 0 Å². The predicted molar refractivity (Wildman–Crippen MR) is 64.3 cm³/mol. The second-order valence-electron chi connectivity index (χ2n) is 4.38. The molecule has 0 bridgehead atoms. The Hall–Kier alpha value is -1.47. The van der Waals surface area contributed by atoms with Gasteiger partial charge in [0.25, 0.3) is 0 Å². The van der Waals surface area contributed by atoms with E-state index in [2.05, 4.69) is 20.5 Å². The lowest BCUT2D eigenvalue weighted by molar-refractivity contribution is -0.181. The number of carbonyl (C=O) groups excluding carboxylic acids is 1. The van der Waals surface area contributed by atoms with Crippen LogP contribution in [0.5, 0.6) is 0 Å². The minimum Gasteiger partial charge on any atom is -0.346 e. The van der Waals surface area contributed by atoms with Crippen LogP contribution < -0.4 is 5.32 Å². The van der Waals surface area contributed by atoms with Crippen molar-refractivity contribution in [3.05, 3.63) is 12.2 Å². The molecule has 1 aliphatic heterocycles. The molecule has 7 heteroatoms. The molecule has 1 atom stereocenters. The van der Waals surface area contributed by atoms with Crippen LogP contribution in [-0.4, -0.2) is 45.8 Å². The monoisotopic (exact) mass is 253 g/mol. The summed E-state index contributed by atoms with van der Waals surface area (Å²) in [6.07, 6.45) is 4.10. The van der Waals surface area contributed by atoms with Gasteiger partial charge >= 0.3 is 0 Å². The van der Waals surface area contributed by atoms with Gasteiger partial charge in [-0.1, -0.05) is 0 Å². The number of hydrogen-bond acceptors (Lipinski definition) is 5. The summed E-state index contributed by atoms with van der Waals surface area (Å²) >= 11 is 0. The number of hydroxylamine groups is 2. The van der Waals surface area contributed by atoms with E-state index in [0.717, 1.165) is 26.0 Å². The highest BCUT2D eigenvalue weighted by Gasteiger charge is 2.15. The SMILES string of the molecule is C[C@@H](NC(=O)CCN1CCCCO1)c1ncn[nH]1. The molecule has 18 heavy (non-hydrogen) atoms. The molecule has 0 aromatic carbocycles. The lowest BCUT2D eigenvalue weighted by atomic mass is 10.2. The van der Waals surface area contributed by atoms with Crippen molar-refractivity contribution in [3.63, 3.8) is 0 Å². The zero-order valence-corrected chi connectivity index (χ0v) is 10.6. The molecular weight excluding hydrogens is 234 g/mol. The molecule has 0 spiro atoms. The molecule has 0 aliphatic carbocycles. The number of carbonyl (C=O) groups is 1. The zero-order valence-electron chi connectivity index (χ0n) is 10.6. The Kier molecular flexibility index (Phi) is 4.66. The van der Waals surface area contributed by atoms with Crippen LogP contribution >= 0.6 is 0 Å². The van der Waals surface area contributed by atoms with Crippen molar-refractivity contribution in [2.24, 2.45) is 0 Å². The molecule has 0 unspecified atom stereocenters. The fourth-order valence-electron chi connectivity index (χ4n) is 1.86. The molecule has 1 aromatic rings. The number of aromatic amines is 1. The maximum Gasteiger partial charge on any atom is 0.221 e. The maximum absolute atomic E-state index is 11.7. The van der Waals surface area contributed by atoms with Gasteiger partial charge in [0.1, 0.15) is 12.2 Å². The summed E-state index contributed by atoms with van der Waals surface area (Å²) in [4.78, 5) is 21.2. The van der Waals surface area contributed by atoms with E-state index < -0.39 is 0 Å². The van der Waals surface area contributed by atoms with Crippen molar-refractivity contribution >= 4 is 5.91 Å². The number of H-pyrrole nitrogens is 1. The zero-order chi connectivity index (χ0) is 12.8. The molecule has 2 heterocycles. The lowest BCUT2D eigenvalue weighted by Gasteiger charge is -2.25. The van der Waals surface area contributed by atoms with Crippen LogP contribution in [-0.2, 0) is 9.63 Å². The molecule has 1 saturated heterocycles. The molecular formula is C11H19N5O2. The average Bonchev–Trinajstić information content (AvgIpc) is 2.91. The third-order valence-corrected chi connectivity index (χ3v) is 2.89. The highest BCUT2D eigenvalue weighted by atomic mass is 16.7. The third-order valence-electron chi connectivity index (χ3n) is 2.89. The van der Waals surface area contributed by atoms with E-state index in [0.29, 0.717) is 18.8 Å². The maximum atomic E-state index is 11.7. The van der Waals surface area contributed by atoms with Crippen LogP contribution in [0.2, 0.25) is 0 Å². The second kappa shape index (κ2) is 6.46. The van der Waals surface area contributed by atoms with Gasteiger partial charge in [-0.05, 0) is 19.8 Å². The number of nitrogens with zero attached hydrogens (tertiary/aromatic N) is 3. The fraction of sp³-hybridized carbons (Fsp3) is 0.727. The number of aromatic nitrogens is 3. The smallest absolute Gasteiger partial charge is 0.221 e. The molecule has 1 amide bonds. The van der Waals surface area contributed by atoms with Crippen molar-refractivity contribution in [1.82, 2.24) is 25.6 Å². The van der Waals surface area contributed by atoms with E-state index in [9.17, 15) is 4.79 Å². The first-order valence-corrected chi connectivity index (χ1v) is 6.28. The number of nitrogens with one attached hydrogen (secondary N) is 2. The Morgan fingerprint density at radius 2 is 2.56 bits per heavy atom. The number of rotatable bonds is 5. The summed E-state index contributed by atoms with van der Waals surface area (Å²) in [5, 5.41) is 11.2. The van der Waals surface area contributed by atoms with Gasteiger partial charge in [0.05, 0.1) is 12.6 Å². The molecule has 2 N–H and O–H groups in total. The van der Waals surface area contributed by atoms with Crippen molar-refractivity contribution in [2.75, 3.05) is 19.7 Å². The minimum absolute atomic E-state index is 0.00641. The van der Waals surface area contributed by atoms with E-state index in [1.807, 2.05) is 12.0 Å². The summed E-state index contributed by atoms with van der Waals surface area (Å²) in [5.74, 6) is 0.658. The first-order valence-electron chi connectivity index (χ1n) is 6.28. The fourth-order valence-corrected chi connectivity index (χ4v) is 1.86. The predicted octanol–water partition coefficient (Wildman–Crippen LogP) is 0.399. The second-order valence-corrected chi connectivity index (χ2v) is 4.38. The molecule has 100 valence electrons. The summed E-state index contributed by atoms with van der Waals surface area (Å²) in [5.41, 5.74) is 0. The van der Waals surface area contributed by atoms with Crippen LogP contribution in [0.1, 0.15) is 38.1 Å². The molecule has 1 fully saturated rings. The van der Waals surface area contributed by atoms with Gasteiger partial charge in [0.15, 0.2) is 0 Å². The van der Waals surface area contributed by atoms with Crippen LogP contribution in [0, 0.1) is 0 Å². The van der Waals surface area contributed by atoms with Gasteiger partial charge in [-0.2, -0.15) is 10.2 Å². The number of amides is 1. The highest BCUT2D eigenvalue weighted by molar-refractivity contribution is 5.76.